The summed E-state index contributed by atoms with van der Waals surface area (Å²) in [5, 5.41) is 14.8. The molecule has 0 aliphatic carbocycles. The maximum atomic E-state index is 13.3. The van der Waals surface area contributed by atoms with Gasteiger partial charge < -0.3 is 24.8 Å². The molecule has 4 fully saturated rings. The van der Waals surface area contributed by atoms with Crippen LogP contribution in [-0.4, -0.2) is 127 Å². The number of piperidine rings is 2. The number of carbonyl (C=O) groups excluding carboxylic acids is 5. The lowest BCUT2D eigenvalue weighted by Gasteiger charge is -2.40. The van der Waals surface area contributed by atoms with E-state index in [1.54, 1.807) is 30.3 Å². The monoisotopic (exact) mass is 781 g/mol. The van der Waals surface area contributed by atoms with Crippen molar-refractivity contribution in [1.82, 2.24) is 25.0 Å². The van der Waals surface area contributed by atoms with Crippen LogP contribution in [0.4, 0.5) is 17.3 Å². The number of fused-ring (bicyclic) bond motifs is 1. The minimum atomic E-state index is -0.976. The largest absolute Gasteiger partial charge is 0.489 e. The third kappa shape index (κ3) is 7.56. The van der Waals surface area contributed by atoms with Gasteiger partial charge in [0.05, 0.1) is 27.8 Å². The first kappa shape index (κ1) is 37.5. The fourth-order valence-corrected chi connectivity index (χ4v) is 8.83. The number of likely N-dealkylation sites (tertiary alicyclic amines) is 1. The summed E-state index contributed by atoms with van der Waals surface area (Å²) in [5.74, 6) is 0.707. The van der Waals surface area contributed by atoms with Gasteiger partial charge in [0.25, 0.3) is 11.8 Å². The molecule has 3 aromatic rings. The highest BCUT2D eigenvalue weighted by Gasteiger charge is 2.45. The zero-order valence-electron chi connectivity index (χ0n) is 31.1. The lowest BCUT2D eigenvalue weighted by Crippen LogP contribution is -2.54. The van der Waals surface area contributed by atoms with Crippen molar-refractivity contribution in [3.63, 3.8) is 0 Å². The molecule has 56 heavy (non-hydrogen) atoms. The van der Waals surface area contributed by atoms with Crippen LogP contribution in [0.1, 0.15) is 58.4 Å². The number of imide groups is 2. The number of hydrogen-bond donors (Lipinski definition) is 3. The second-order valence-electron chi connectivity index (χ2n) is 15.3. The first-order valence-corrected chi connectivity index (χ1v) is 19.6. The summed E-state index contributed by atoms with van der Waals surface area (Å²) in [6, 6.07) is 14.9. The highest BCUT2D eigenvalue weighted by atomic mass is 35.5. The number of aromatic nitrogens is 1. The number of rotatable bonds is 9. The van der Waals surface area contributed by atoms with Gasteiger partial charge in [-0.1, -0.05) is 11.6 Å². The molecule has 0 radical (unpaired) electrons. The summed E-state index contributed by atoms with van der Waals surface area (Å²) >= 11 is 6.17. The van der Waals surface area contributed by atoms with Gasteiger partial charge in [0.1, 0.15) is 35.6 Å². The Morgan fingerprint density at radius 3 is 2.43 bits per heavy atom. The predicted octanol–water partition coefficient (Wildman–Crippen LogP) is 3.07. The van der Waals surface area contributed by atoms with Gasteiger partial charge in [0.15, 0.2) is 0 Å². The Morgan fingerprint density at radius 2 is 1.70 bits per heavy atom. The molecule has 2 aromatic carbocycles. The average Bonchev–Trinajstić information content (AvgIpc) is 3.88. The Morgan fingerprint density at radius 1 is 0.929 bits per heavy atom. The van der Waals surface area contributed by atoms with Gasteiger partial charge in [-0.15, -0.1) is 0 Å². The van der Waals surface area contributed by atoms with E-state index in [2.05, 4.69) is 30.3 Å². The van der Waals surface area contributed by atoms with Crippen molar-refractivity contribution in [1.29, 1.82) is 5.26 Å². The van der Waals surface area contributed by atoms with Crippen molar-refractivity contribution in [2.75, 3.05) is 74.5 Å². The Balaban J connectivity index is 0.775. The lowest BCUT2D eigenvalue weighted by molar-refractivity contribution is -0.136. The number of nitriles is 1. The van der Waals surface area contributed by atoms with Gasteiger partial charge in [0, 0.05) is 77.0 Å². The number of halogens is 1. The van der Waals surface area contributed by atoms with Crippen LogP contribution in [0.2, 0.25) is 5.02 Å². The molecule has 0 saturated carbocycles. The van der Waals surface area contributed by atoms with Gasteiger partial charge >= 0.3 is 0 Å². The molecular formula is C40H44ClN9O6. The minimum Gasteiger partial charge on any atom is -0.489 e. The van der Waals surface area contributed by atoms with Crippen LogP contribution in [0.25, 0.3) is 0 Å². The number of carbonyl (C=O) groups is 5. The van der Waals surface area contributed by atoms with Crippen molar-refractivity contribution in [3.05, 3.63) is 70.2 Å². The number of ether oxygens (including phenoxy) is 1. The van der Waals surface area contributed by atoms with E-state index in [4.69, 9.17) is 21.6 Å². The van der Waals surface area contributed by atoms with E-state index in [1.807, 2.05) is 36.2 Å². The van der Waals surface area contributed by atoms with Crippen LogP contribution < -0.4 is 25.2 Å². The molecule has 3 unspecified atom stereocenters. The van der Waals surface area contributed by atoms with Crippen molar-refractivity contribution in [3.8, 4) is 11.8 Å². The normalized spacial score (nSPS) is 23.7. The number of H-pyrrole nitrogens is 1. The molecule has 6 heterocycles. The van der Waals surface area contributed by atoms with Crippen molar-refractivity contribution >= 4 is 58.5 Å². The summed E-state index contributed by atoms with van der Waals surface area (Å²) in [4.78, 5) is 77.2. The van der Waals surface area contributed by atoms with E-state index in [0.717, 1.165) is 75.1 Å². The number of nitrogens with zero attached hydrogens (tertiary/aromatic N) is 6. The fourth-order valence-electron chi connectivity index (χ4n) is 8.62. The lowest BCUT2D eigenvalue weighted by atomic mass is 9.96. The van der Waals surface area contributed by atoms with Gasteiger partial charge in [-0.2, -0.15) is 5.26 Å². The Bertz CT molecular complexity index is 2100. The van der Waals surface area contributed by atoms with Gasteiger partial charge in [0.2, 0.25) is 17.7 Å². The van der Waals surface area contributed by atoms with E-state index in [9.17, 15) is 24.0 Å². The van der Waals surface area contributed by atoms with Crippen LogP contribution in [0.5, 0.6) is 5.75 Å². The summed E-state index contributed by atoms with van der Waals surface area (Å²) in [7, 11) is 1.91. The number of nitrogens with one attached hydrogen (secondary N) is 3. The highest BCUT2D eigenvalue weighted by Crippen LogP contribution is 2.32. The van der Waals surface area contributed by atoms with E-state index in [1.165, 1.54) is 0 Å². The topological polar surface area (TPSA) is 174 Å². The van der Waals surface area contributed by atoms with Crippen LogP contribution in [0.15, 0.2) is 48.5 Å². The maximum Gasteiger partial charge on any atom is 0.262 e. The molecule has 292 valence electrons. The molecule has 0 bridgehead atoms. The smallest absolute Gasteiger partial charge is 0.262 e. The Labute approximate surface area is 329 Å². The molecule has 5 aliphatic heterocycles. The molecule has 8 rings (SSSR count). The van der Waals surface area contributed by atoms with Crippen LogP contribution >= 0.6 is 11.6 Å². The Hall–Kier alpha value is -5.43. The van der Waals surface area contributed by atoms with Crippen molar-refractivity contribution in [2.24, 2.45) is 5.92 Å². The fraction of sp³-hybridized carbons (Fsp3) is 0.450. The molecule has 5 amide bonds. The van der Waals surface area contributed by atoms with E-state index < -0.39 is 29.7 Å². The summed E-state index contributed by atoms with van der Waals surface area (Å²) in [5.41, 5.74) is 1.86. The first-order chi connectivity index (χ1) is 27.0. The van der Waals surface area contributed by atoms with Gasteiger partial charge in [-0.25, -0.2) is 0 Å². The van der Waals surface area contributed by atoms with E-state index in [0.29, 0.717) is 52.2 Å². The van der Waals surface area contributed by atoms with Crippen molar-refractivity contribution in [2.45, 2.75) is 50.3 Å². The number of benzene rings is 2. The molecule has 1 aromatic heterocycles. The van der Waals surface area contributed by atoms with Crippen molar-refractivity contribution < 1.29 is 28.7 Å². The number of aromatic amines is 1. The molecule has 16 heteroatoms. The first-order valence-electron chi connectivity index (χ1n) is 19.2. The number of amides is 5. The second-order valence-corrected chi connectivity index (χ2v) is 15.7. The van der Waals surface area contributed by atoms with Gasteiger partial charge in [-0.3, -0.25) is 44.0 Å². The molecule has 3 atom stereocenters. The predicted molar refractivity (Wildman–Crippen MR) is 208 cm³/mol. The molecular weight excluding hydrogens is 738 g/mol. The summed E-state index contributed by atoms with van der Waals surface area (Å²) in [6.45, 7) is 6.81. The molecule has 0 spiro atoms. The number of piperazine rings is 1. The average molecular weight is 782 g/mol. The summed E-state index contributed by atoms with van der Waals surface area (Å²) in [6.07, 6.45) is 2.69. The molecule has 15 nitrogen and oxygen atoms in total. The van der Waals surface area contributed by atoms with E-state index in [-0.39, 0.29) is 30.9 Å². The number of hydrogen-bond acceptors (Lipinski definition) is 11. The zero-order valence-corrected chi connectivity index (χ0v) is 31.9. The van der Waals surface area contributed by atoms with Crippen LogP contribution in [0.3, 0.4) is 0 Å². The van der Waals surface area contributed by atoms with Crippen LogP contribution in [0, 0.1) is 17.2 Å². The summed E-state index contributed by atoms with van der Waals surface area (Å²) < 4.78 is 6.09. The number of likely N-dealkylation sites (N-methyl/N-ethyl adjacent to an activating group) is 1. The van der Waals surface area contributed by atoms with Crippen LogP contribution in [-0.2, 0) is 14.4 Å². The third-order valence-corrected chi connectivity index (χ3v) is 12.0. The maximum absolute atomic E-state index is 13.3. The highest BCUT2D eigenvalue weighted by molar-refractivity contribution is 6.31. The number of anilines is 3. The standard InChI is InChI=1S/C40H44ClN9O6/c1-46-23-28(56-27-4-2-25(21-42)31(41)19-27)20-33(46)38(53)44-34-7-8-35(43-34)49-12-10-24(11-13-49)22-47-14-16-48(17-15-47)26-3-5-29-30(18-26)40(55)50(39(29)54)32-6-9-36(51)45-37(32)52/h2-5,7-8,18-19,24,28,32-33,43H,6,9-17,20,22-23H2,1H3,(H,44,53)(H,45,51,52). The molecule has 4 saturated heterocycles. The SMILES string of the molecule is CN1CC(Oc2ccc(C#N)c(Cl)c2)CC1C(=O)Nc1ccc(N2CCC(CN3CCN(c4ccc5c(c4)C(=O)N(C4CCC(=O)NC4=O)C5=O)CC3)CC2)[nH]1. The Kier molecular flexibility index (Phi) is 10.4. The molecule has 3 N–H and O–H groups in total. The minimum absolute atomic E-state index is 0.0893. The zero-order chi connectivity index (χ0) is 39.1. The molecule has 5 aliphatic rings. The second kappa shape index (κ2) is 15.6. The third-order valence-electron chi connectivity index (χ3n) is 11.7. The quantitative estimate of drug-likeness (QED) is 0.273. The van der Waals surface area contributed by atoms with Gasteiger partial charge in [-0.05, 0) is 74.7 Å². The van der Waals surface area contributed by atoms with E-state index >= 15 is 0 Å².